The molecule has 7 nitrogen and oxygen atoms in total. The topological polar surface area (TPSA) is 81.2 Å². The van der Waals surface area contributed by atoms with E-state index in [1.165, 1.54) is 0 Å². The van der Waals surface area contributed by atoms with E-state index in [9.17, 15) is 0 Å². The van der Waals surface area contributed by atoms with Gasteiger partial charge in [0.25, 0.3) is 0 Å². The minimum Gasteiger partial charge on any atom is -0.493 e. The number of aromatic nitrogens is 3. The lowest BCUT2D eigenvalue weighted by atomic mass is 10.1. The second kappa shape index (κ2) is 8.53. The summed E-state index contributed by atoms with van der Waals surface area (Å²) in [5.41, 5.74) is 1.64. The summed E-state index contributed by atoms with van der Waals surface area (Å²) in [7, 11) is 3.24. The van der Waals surface area contributed by atoms with Crippen molar-refractivity contribution in [2.75, 3.05) is 24.9 Å². The number of pyridine rings is 1. The summed E-state index contributed by atoms with van der Waals surface area (Å²) < 4.78 is 10.9. The number of hydrogen-bond donors (Lipinski definition) is 2. The zero-order valence-corrected chi connectivity index (χ0v) is 16.1. The minimum absolute atomic E-state index is 0.324. The summed E-state index contributed by atoms with van der Waals surface area (Å²) in [5.74, 6) is 2.56. The summed E-state index contributed by atoms with van der Waals surface area (Å²) in [6.07, 6.45) is 5.45. The quantitative estimate of drug-likeness (QED) is 0.611. The highest BCUT2D eigenvalue weighted by molar-refractivity contribution is 5.93. The number of nitrogens with zero attached hydrogens (tertiary/aromatic N) is 3. The summed E-state index contributed by atoms with van der Waals surface area (Å²) in [6, 6.07) is 7.84. The molecule has 0 fully saturated rings. The van der Waals surface area contributed by atoms with Crippen molar-refractivity contribution in [3.05, 3.63) is 36.7 Å². The fourth-order valence-electron chi connectivity index (χ4n) is 2.87. The summed E-state index contributed by atoms with van der Waals surface area (Å²) in [5, 5.41) is 7.66. The van der Waals surface area contributed by atoms with Crippen LogP contribution in [0.4, 0.5) is 17.5 Å². The lowest BCUT2D eigenvalue weighted by Gasteiger charge is -2.19. The van der Waals surface area contributed by atoms with Crippen LogP contribution in [0.15, 0.2) is 36.7 Å². The van der Waals surface area contributed by atoms with Crippen molar-refractivity contribution >= 4 is 28.4 Å². The SMILES string of the molecule is CCC(CC)Nc1nc(Nc2ccncc2)nc2cc(OC)c(OC)cc12. The van der Waals surface area contributed by atoms with Crippen LogP contribution in [-0.4, -0.2) is 35.2 Å². The molecule has 2 heterocycles. The van der Waals surface area contributed by atoms with E-state index < -0.39 is 0 Å². The molecular formula is C20H25N5O2. The van der Waals surface area contributed by atoms with Gasteiger partial charge in [-0.3, -0.25) is 4.98 Å². The molecule has 142 valence electrons. The second-order valence-corrected chi connectivity index (χ2v) is 6.14. The third kappa shape index (κ3) is 4.19. The number of nitrogens with one attached hydrogen (secondary N) is 2. The lowest BCUT2D eigenvalue weighted by Crippen LogP contribution is -2.18. The highest BCUT2D eigenvalue weighted by Crippen LogP contribution is 2.35. The zero-order chi connectivity index (χ0) is 19.2. The van der Waals surface area contributed by atoms with Gasteiger partial charge in [-0.2, -0.15) is 4.98 Å². The van der Waals surface area contributed by atoms with E-state index in [1.54, 1.807) is 26.6 Å². The molecule has 0 atom stereocenters. The molecule has 2 aromatic heterocycles. The first-order valence-electron chi connectivity index (χ1n) is 9.05. The van der Waals surface area contributed by atoms with Gasteiger partial charge >= 0.3 is 0 Å². The largest absolute Gasteiger partial charge is 0.493 e. The van der Waals surface area contributed by atoms with Crippen molar-refractivity contribution in [3.8, 4) is 11.5 Å². The Morgan fingerprint density at radius 1 is 0.963 bits per heavy atom. The molecule has 7 heteroatoms. The van der Waals surface area contributed by atoms with Crippen LogP contribution < -0.4 is 20.1 Å². The van der Waals surface area contributed by atoms with Crippen LogP contribution >= 0.6 is 0 Å². The lowest BCUT2D eigenvalue weighted by molar-refractivity contribution is 0.356. The average Bonchev–Trinajstić information content (AvgIpc) is 2.71. The van der Waals surface area contributed by atoms with E-state index in [1.807, 2.05) is 24.3 Å². The molecule has 0 unspecified atom stereocenters. The molecule has 0 aliphatic rings. The van der Waals surface area contributed by atoms with Crippen LogP contribution in [0.2, 0.25) is 0 Å². The Bertz CT molecular complexity index is 898. The van der Waals surface area contributed by atoms with Gasteiger partial charge in [-0.1, -0.05) is 13.8 Å². The fourth-order valence-corrected chi connectivity index (χ4v) is 2.87. The summed E-state index contributed by atoms with van der Waals surface area (Å²) in [6.45, 7) is 4.31. The normalized spacial score (nSPS) is 10.9. The molecule has 3 rings (SSSR count). The Morgan fingerprint density at radius 3 is 2.26 bits per heavy atom. The number of methoxy groups -OCH3 is 2. The van der Waals surface area contributed by atoms with E-state index in [2.05, 4.69) is 34.4 Å². The average molecular weight is 367 g/mol. The van der Waals surface area contributed by atoms with Crippen molar-refractivity contribution in [2.45, 2.75) is 32.7 Å². The minimum atomic E-state index is 0.324. The smallest absolute Gasteiger partial charge is 0.229 e. The van der Waals surface area contributed by atoms with Crippen molar-refractivity contribution < 1.29 is 9.47 Å². The molecule has 0 radical (unpaired) electrons. The van der Waals surface area contributed by atoms with Gasteiger partial charge in [-0.05, 0) is 31.0 Å². The van der Waals surface area contributed by atoms with E-state index in [0.29, 0.717) is 23.5 Å². The highest BCUT2D eigenvalue weighted by Gasteiger charge is 2.15. The highest BCUT2D eigenvalue weighted by atomic mass is 16.5. The van der Waals surface area contributed by atoms with E-state index >= 15 is 0 Å². The monoisotopic (exact) mass is 367 g/mol. The Kier molecular flexibility index (Phi) is 5.90. The van der Waals surface area contributed by atoms with Crippen LogP contribution in [0, 0.1) is 0 Å². The third-order valence-corrected chi connectivity index (χ3v) is 4.46. The molecule has 0 aliphatic heterocycles. The van der Waals surface area contributed by atoms with Crippen LogP contribution in [0.3, 0.4) is 0 Å². The Labute approximate surface area is 159 Å². The van der Waals surface area contributed by atoms with Crippen LogP contribution in [-0.2, 0) is 0 Å². The van der Waals surface area contributed by atoms with Crippen molar-refractivity contribution in [1.29, 1.82) is 0 Å². The van der Waals surface area contributed by atoms with Gasteiger partial charge in [0.1, 0.15) is 5.82 Å². The number of rotatable bonds is 8. The van der Waals surface area contributed by atoms with Crippen LogP contribution in [0.5, 0.6) is 11.5 Å². The van der Waals surface area contributed by atoms with Crippen LogP contribution in [0.25, 0.3) is 10.9 Å². The van der Waals surface area contributed by atoms with Gasteiger partial charge in [0.05, 0.1) is 19.7 Å². The molecule has 0 amide bonds. The van der Waals surface area contributed by atoms with Crippen molar-refractivity contribution in [2.24, 2.45) is 0 Å². The number of ether oxygens (including phenoxy) is 2. The van der Waals surface area contributed by atoms with Crippen LogP contribution in [0.1, 0.15) is 26.7 Å². The summed E-state index contributed by atoms with van der Waals surface area (Å²) >= 11 is 0. The molecular weight excluding hydrogens is 342 g/mol. The van der Waals surface area contributed by atoms with E-state index in [-0.39, 0.29) is 0 Å². The maximum Gasteiger partial charge on any atom is 0.229 e. The fraction of sp³-hybridized carbons (Fsp3) is 0.350. The molecule has 1 aromatic carbocycles. The predicted octanol–water partition coefficient (Wildman–Crippen LogP) is 4.39. The summed E-state index contributed by atoms with van der Waals surface area (Å²) in [4.78, 5) is 13.4. The zero-order valence-electron chi connectivity index (χ0n) is 16.1. The van der Waals surface area contributed by atoms with Gasteiger partial charge < -0.3 is 20.1 Å². The maximum atomic E-state index is 5.45. The molecule has 2 N–H and O–H groups in total. The molecule has 0 bridgehead atoms. The molecule has 27 heavy (non-hydrogen) atoms. The number of hydrogen-bond acceptors (Lipinski definition) is 7. The molecule has 0 saturated heterocycles. The number of anilines is 3. The standard InChI is InChI=1S/C20H25N5O2/c1-5-13(6-2)22-19-15-11-17(26-3)18(27-4)12-16(15)24-20(25-19)23-14-7-9-21-10-8-14/h7-13H,5-6H2,1-4H3,(H2,21,22,23,24,25). The number of benzene rings is 1. The Morgan fingerprint density at radius 2 is 1.63 bits per heavy atom. The predicted molar refractivity (Wildman–Crippen MR) is 108 cm³/mol. The van der Waals surface area contributed by atoms with Crippen molar-refractivity contribution in [1.82, 2.24) is 15.0 Å². The molecule has 0 spiro atoms. The van der Waals surface area contributed by atoms with Gasteiger partial charge in [-0.15, -0.1) is 0 Å². The Balaban J connectivity index is 2.11. The molecule has 3 aromatic rings. The van der Waals surface area contributed by atoms with Gasteiger partial charge in [0.2, 0.25) is 5.95 Å². The Hall–Kier alpha value is -3.09. The molecule has 0 saturated carbocycles. The van der Waals surface area contributed by atoms with Gasteiger partial charge in [0.15, 0.2) is 11.5 Å². The van der Waals surface area contributed by atoms with Gasteiger partial charge in [0, 0.05) is 35.6 Å². The first-order chi connectivity index (χ1) is 13.2. The first kappa shape index (κ1) is 18.7. The number of fused-ring (bicyclic) bond motifs is 1. The van der Waals surface area contributed by atoms with Crippen molar-refractivity contribution in [3.63, 3.8) is 0 Å². The third-order valence-electron chi connectivity index (χ3n) is 4.46. The molecule has 0 aliphatic carbocycles. The first-order valence-corrected chi connectivity index (χ1v) is 9.05. The van der Waals surface area contributed by atoms with E-state index in [0.717, 1.165) is 35.2 Å². The van der Waals surface area contributed by atoms with E-state index in [4.69, 9.17) is 14.5 Å². The maximum absolute atomic E-state index is 5.45. The van der Waals surface area contributed by atoms with Gasteiger partial charge in [-0.25, -0.2) is 4.98 Å². The second-order valence-electron chi connectivity index (χ2n) is 6.14.